The van der Waals surface area contributed by atoms with Crippen LogP contribution in [0.3, 0.4) is 0 Å². The summed E-state index contributed by atoms with van der Waals surface area (Å²) in [6.45, 7) is 4.40. The van der Waals surface area contributed by atoms with Gasteiger partial charge in [-0.05, 0) is 17.7 Å². The molecule has 1 atom stereocenters. The molecule has 1 aliphatic rings. The predicted molar refractivity (Wildman–Crippen MR) is 65.9 cm³/mol. The van der Waals surface area contributed by atoms with E-state index in [1.54, 1.807) is 0 Å². The number of pyridine rings is 1. The van der Waals surface area contributed by atoms with Crippen molar-refractivity contribution >= 4 is 28.5 Å². The molecule has 0 spiro atoms. The van der Waals surface area contributed by atoms with E-state index in [0.717, 1.165) is 31.8 Å². The van der Waals surface area contributed by atoms with Gasteiger partial charge in [0.15, 0.2) is 7.85 Å². The monoisotopic (exact) mass is 207 g/mol. The van der Waals surface area contributed by atoms with Gasteiger partial charge in [0, 0.05) is 32.4 Å². The second-order valence-corrected chi connectivity index (χ2v) is 4.41. The summed E-state index contributed by atoms with van der Waals surface area (Å²) in [5.41, 5.74) is 2.33. The molecule has 1 fully saturated rings. The zero-order valence-corrected chi connectivity index (χ0v) is 9.63. The highest BCUT2D eigenvalue weighted by Gasteiger charge is 2.13. The Kier molecular flexibility index (Phi) is 3.04. The first-order chi connectivity index (χ1) is 6.75. The molecule has 0 amide bonds. The van der Waals surface area contributed by atoms with E-state index < -0.39 is 0 Å². The molecule has 0 radical (unpaired) electrons. The van der Waals surface area contributed by atoms with Crippen LogP contribution < -0.4 is 10.5 Å². The van der Waals surface area contributed by atoms with Gasteiger partial charge in [0.25, 0.3) is 0 Å². The summed E-state index contributed by atoms with van der Waals surface area (Å²) in [6.07, 6.45) is 1.97. The van der Waals surface area contributed by atoms with Gasteiger partial charge in [-0.2, -0.15) is 0 Å². The van der Waals surface area contributed by atoms with Gasteiger partial charge in [0.05, 0.1) is 5.69 Å². The molecule has 2 rings (SSSR count). The fourth-order valence-corrected chi connectivity index (χ4v) is 1.86. The van der Waals surface area contributed by atoms with Crippen molar-refractivity contribution in [1.82, 2.24) is 9.65 Å². The number of hydrogen-bond donors (Lipinski definition) is 0. The van der Waals surface area contributed by atoms with Crippen LogP contribution in [-0.2, 0) is 0 Å². The highest BCUT2D eigenvalue weighted by Crippen LogP contribution is 2.14. The maximum atomic E-state index is 4.31. The van der Waals surface area contributed by atoms with Crippen LogP contribution in [0.1, 0.15) is 0 Å². The molecular formula is C9H15BN3P. The molecule has 0 aromatic carbocycles. The summed E-state index contributed by atoms with van der Waals surface area (Å²) >= 11 is 0. The predicted octanol–water partition coefficient (Wildman–Crippen LogP) is -0.748. The Morgan fingerprint density at radius 1 is 1.21 bits per heavy atom. The number of rotatable bonds is 1. The van der Waals surface area contributed by atoms with Crippen LogP contribution in [0.15, 0.2) is 18.3 Å². The topological polar surface area (TPSA) is 19.4 Å². The number of piperazine rings is 1. The Balaban J connectivity index is 2.05. The Labute approximate surface area is 88.2 Å². The molecule has 1 aromatic heterocycles. The Bertz CT molecular complexity index is 295. The van der Waals surface area contributed by atoms with Gasteiger partial charge in [-0.3, -0.25) is 9.65 Å². The minimum Gasteiger partial charge on any atom is -0.368 e. The fourth-order valence-electron chi connectivity index (χ4n) is 1.63. The maximum absolute atomic E-state index is 4.31. The smallest absolute Gasteiger partial charge is 0.163 e. The molecule has 2 heterocycles. The van der Waals surface area contributed by atoms with Crippen molar-refractivity contribution < 1.29 is 0 Å². The van der Waals surface area contributed by atoms with Crippen LogP contribution in [0.5, 0.6) is 0 Å². The fraction of sp³-hybridized carbons (Fsp3) is 0.444. The quantitative estimate of drug-likeness (QED) is 0.446. The minimum atomic E-state index is 1.08. The highest BCUT2D eigenvalue weighted by atomic mass is 31.0. The van der Waals surface area contributed by atoms with Gasteiger partial charge in [-0.1, -0.05) is 9.39 Å². The normalized spacial score (nSPS) is 18.5. The summed E-state index contributed by atoms with van der Waals surface area (Å²) < 4.78 is 2.28. The van der Waals surface area contributed by atoms with E-state index in [-0.39, 0.29) is 0 Å². The van der Waals surface area contributed by atoms with E-state index in [1.807, 2.05) is 14.0 Å². The van der Waals surface area contributed by atoms with E-state index in [2.05, 4.69) is 36.1 Å². The van der Waals surface area contributed by atoms with Crippen molar-refractivity contribution in [3.63, 3.8) is 0 Å². The number of aromatic nitrogens is 1. The third-order valence-electron chi connectivity index (χ3n) is 2.58. The molecule has 1 unspecified atom stereocenters. The molecule has 3 nitrogen and oxygen atoms in total. The Hall–Kier alpha value is -0.595. The first-order valence-electron chi connectivity index (χ1n) is 4.93. The highest BCUT2D eigenvalue weighted by molar-refractivity contribution is 7.13. The van der Waals surface area contributed by atoms with Gasteiger partial charge in [0.2, 0.25) is 0 Å². The molecule has 0 saturated carbocycles. The van der Waals surface area contributed by atoms with Gasteiger partial charge in [-0.15, -0.1) is 0 Å². The summed E-state index contributed by atoms with van der Waals surface area (Å²) in [4.78, 5) is 6.69. The van der Waals surface area contributed by atoms with Crippen molar-refractivity contribution in [2.45, 2.75) is 0 Å². The van der Waals surface area contributed by atoms with Gasteiger partial charge in [-0.25, -0.2) is 0 Å². The average Bonchev–Trinajstić information content (AvgIpc) is 2.21. The zero-order valence-electron chi connectivity index (χ0n) is 8.48. The second kappa shape index (κ2) is 4.29. The van der Waals surface area contributed by atoms with Crippen LogP contribution in [0.4, 0.5) is 5.69 Å². The molecule has 0 N–H and O–H groups in total. The van der Waals surface area contributed by atoms with Crippen molar-refractivity contribution in [3.8, 4) is 0 Å². The lowest BCUT2D eigenvalue weighted by atomic mass is 10.0. The van der Waals surface area contributed by atoms with E-state index in [9.17, 15) is 0 Å². The van der Waals surface area contributed by atoms with Crippen molar-refractivity contribution in [1.29, 1.82) is 0 Å². The second-order valence-electron chi connectivity index (χ2n) is 3.68. The Morgan fingerprint density at radius 3 is 2.50 bits per heavy atom. The summed E-state index contributed by atoms with van der Waals surface area (Å²) in [6, 6.07) is 4.23. The van der Waals surface area contributed by atoms with Crippen LogP contribution in [0, 0.1) is 0 Å². The van der Waals surface area contributed by atoms with Crippen LogP contribution >= 0.6 is 9.39 Å². The minimum absolute atomic E-state index is 1.08. The lowest BCUT2D eigenvalue weighted by Crippen LogP contribution is -2.42. The maximum Gasteiger partial charge on any atom is 0.163 e. The summed E-state index contributed by atoms with van der Waals surface area (Å²) in [5.74, 6) is 0. The van der Waals surface area contributed by atoms with Gasteiger partial charge >= 0.3 is 0 Å². The van der Waals surface area contributed by atoms with E-state index in [4.69, 9.17) is 0 Å². The first-order valence-corrected chi connectivity index (χ1v) is 5.44. The molecule has 74 valence electrons. The standard InChI is InChI=1S/C9H15BN3P/c10-9-2-1-8(7-11-9)12-3-5-13(14)6-4-12/h1-2,7H,3-6,10,14H2. The van der Waals surface area contributed by atoms with Crippen molar-refractivity contribution in [2.75, 3.05) is 31.1 Å². The van der Waals surface area contributed by atoms with Crippen LogP contribution in [0.2, 0.25) is 0 Å². The summed E-state index contributed by atoms with van der Waals surface area (Å²) in [7, 11) is 4.78. The van der Waals surface area contributed by atoms with Crippen LogP contribution in [0.25, 0.3) is 0 Å². The van der Waals surface area contributed by atoms with Crippen LogP contribution in [-0.4, -0.2) is 43.7 Å². The molecule has 0 bridgehead atoms. The summed E-state index contributed by atoms with van der Waals surface area (Å²) in [5, 5.41) is 0. The molecule has 0 aliphatic carbocycles. The molecule has 1 aliphatic heterocycles. The van der Waals surface area contributed by atoms with E-state index >= 15 is 0 Å². The molecule has 1 saturated heterocycles. The molecular weight excluding hydrogens is 192 g/mol. The largest absolute Gasteiger partial charge is 0.368 e. The van der Waals surface area contributed by atoms with Gasteiger partial charge < -0.3 is 4.90 Å². The molecule has 5 heteroatoms. The number of hydrogen-bond acceptors (Lipinski definition) is 3. The molecule has 1 aromatic rings. The van der Waals surface area contributed by atoms with E-state index in [1.165, 1.54) is 5.69 Å². The zero-order chi connectivity index (χ0) is 9.97. The third kappa shape index (κ3) is 2.25. The third-order valence-corrected chi connectivity index (χ3v) is 3.09. The number of anilines is 1. The SMILES string of the molecule is Bc1ccc(N2CCN(P)CC2)cn1. The van der Waals surface area contributed by atoms with E-state index in [0.29, 0.717) is 0 Å². The van der Waals surface area contributed by atoms with Crippen molar-refractivity contribution in [2.24, 2.45) is 0 Å². The lowest BCUT2D eigenvalue weighted by molar-refractivity contribution is 0.428. The number of nitrogens with zero attached hydrogens (tertiary/aromatic N) is 3. The molecule has 14 heavy (non-hydrogen) atoms. The average molecular weight is 207 g/mol. The first kappa shape index (κ1) is 9.94. The van der Waals surface area contributed by atoms with Gasteiger partial charge in [0.1, 0.15) is 0 Å². The van der Waals surface area contributed by atoms with Crippen molar-refractivity contribution in [3.05, 3.63) is 18.3 Å². The Morgan fingerprint density at radius 2 is 1.93 bits per heavy atom. The lowest BCUT2D eigenvalue weighted by Gasteiger charge is -2.33.